The van der Waals surface area contributed by atoms with Crippen LogP contribution in [0.2, 0.25) is 0 Å². The van der Waals surface area contributed by atoms with E-state index in [1.807, 2.05) is 18.2 Å². The van der Waals surface area contributed by atoms with Crippen molar-refractivity contribution in [3.05, 3.63) is 24.4 Å². The SMILES string of the molecule is CC1CCC(Nc2nnc(-c3ccccn3)s2)C1. The zero-order valence-corrected chi connectivity index (χ0v) is 11.2. The molecule has 0 aliphatic heterocycles. The lowest BCUT2D eigenvalue weighted by molar-refractivity contribution is 0.602. The summed E-state index contributed by atoms with van der Waals surface area (Å²) in [5.41, 5.74) is 0.892. The summed E-state index contributed by atoms with van der Waals surface area (Å²) in [4.78, 5) is 4.29. The second-order valence-electron chi connectivity index (χ2n) is 4.89. The van der Waals surface area contributed by atoms with E-state index in [2.05, 4.69) is 27.4 Å². The van der Waals surface area contributed by atoms with Gasteiger partial charge in [0.25, 0.3) is 0 Å². The summed E-state index contributed by atoms with van der Waals surface area (Å²) in [5.74, 6) is 0.825. The van der Waals surface area contributed by atoms with Gasteiger partial charge in [-0.25, -0.2) is 0 Å². The normalized spacial score (nSPS) is 23.2. The quantitative estimate of drug-likeness (QED) is 0.920. The van der Waals surface area contributed by atoms with Gasteiger partial charge in [0.2, 0.25) is 5.13 Å². The maximum atomic E-state index is 4.29. The molecule has 4 nitrogen and oxygen atoms in total. The zero-order valence-electron chi connectivity index (χ0n) is 10.3. The molecule has 0 bridgehead atoms. The second kappa shape index (κ2) is 5.02. The summed E-state index contributed by atoms with van der Waals surface area (Å²) in [7, 11) is 0. The van der Waals surface area contributed by atoms with Crippen LogP contribution in [0.15, 0.2) is 24.4 Å². The van der Waals surface area contributed by atoms with Crippen LogP contribution in [0.25, 0.3) is 10.7 Å². The molecule has 18 heavy (non-hydrogen) atoms. The molecule has 0 saturated heterocycles. The van der Waals surface area contributed by atoms with E-state index in [9.17, 15) is 0 Å². The van der Waals surface area contributed by atoms with E-state index >= 15 is 0 Å². The monoisotopic (exact) mass is 260 g/mol. The Balaban J connectivity index is 1.70. The fraction of sp³-hybridized carbons (Fsp3) is 0.462. The Hall–Kier alpha value is -1.49. The lowest BCUT2D eigenvalue weighted by atomic mass is 10.1. The van der Waals surface area contributed by atoms with Crippen molar-refractivity contribution in [3.8, 4) is 10.7 Å². The Morgan fingerprint density at radius 2 is 2.22 bits per heavy atom. The third-order valence-electron chi connectivity index (χ3n) is 3.33. The largest absolute Gasteiger partial charge is 0.357 e. The van der Waals surface area contributed by atoms with Gasteiger partial charge in [-0.3, -0.25) is 4.98 Å². The minimum Gasteiger partial charge on any atom is -0.357 e. The first-order valence-corrected chi connectivity index (χ1v) is 7.14. The van der Waals surface area contributed by atoms with Crippen molar-refractivity contribution >= 4 is 16.5 Å². The summed E-state index contributed by atoms with van der Waals surface area (Å²) < 4.78 is 0. The first kappa shape index (κ1) is 11.6. The number of pyridine rings is 1. The van der Waals surface area contributed by atoms with E-state index in [0.717, 1.165) is 21.8 Å². The average Bonchev–Trinajstić information content (AvgIpc) is 3.01. The van der Waals surface area contributed by atoms with Crippen molar-refractivity contribution in [1.82, 2.24) is 15.2 Å². The summed E-state index contributed by atoms with van der Waals surface area (Å²) >= 11 is 1.58. The maximum Gasteiger partial charge on any atom is 0.206 e. The lowest BCUT2D eigenvalue weighted by Gasteiger charge is -2.09. The van der Waals surface area contributed by atoms with Crippen LogP contribution >= 0.6 is 11.3 Å². The van der Waals surface area contributed by atoms with Crippen LogP contribution in [0.4, 0.5) is 5.13 Å². The van der Waals surface area contributed by atoms with Crippen LogP contribution in [0, 0.1) is 5.92 Å². The van der Waals surface area contributed by atoms with Crippen molar-refractivity contribution in [1.29, 1.82) is 0 Å². The van der Waals surface area contributed by atoms with Gasteiger partial charge >= 0.3 is 0 Å². The number of hydrogen-bond acceptors (Lipinski definition) is 5. The Morgan fingerprint density at radius 3 is 2.94 bits per heavy atom. The Labute approximate surface area is 110 Å². The van der Waals surface area contributed by atoms with Crippen molar-refractivity contribution in [3.63, 3.8) is 0 Å². The van der Waals surface area contributed by atoms with E-state index in [0.29, 0.717) is 6.04 Å². The van der Waals surface area contributed by atoms with Gasteiger partial charge < -0.3 is 5.32 Å². The number of nitrogens with one attached hydrogen (secondary N) is 1. The van der Waals surface area contributed by atoms with Gasteiger partial charge in [-0.2, -0.15) is 0 Å². The van der Waals surface area contributed by atoms with Crippen LogP contribution in [-0.4, -0.2) is 21.2 Å². The molecule has 3 rings (SSSR count). The number of anilines is 1. The maximum absolute atomic E-state index is 4.29. The molecule has 2 heterocycles. The first-order valence-electron chi connectivity index (χ1n) is 6.32. The first-order chi connectivity index (χ1) is 8.81. The predicted octanol–water partition coefficient (Wildman–Crippen LogP) is 3.20. The molecule has 1 aliphatic carbocycles. The van der Waals surface area contributed by atoms with Gasteiger partial charge in [-0.1, -0.05) is 24.3 Å². The molecule has 2 unspecified atom stereocenters. The molecule has 2 atom stereocenters. The molecule has 2 aromatic heterocycles. The van der Waals surface area contributed by atoms with E-state index in [-0.39, 0.29) is 0 Å². The van der Waals surface area contributed by atoms with Gasteiger partial charge in [0.15, 0.2) is 5.01 Å². The molecule has 1 N–H and O–H groups in total. The predicted molar refractivity (Wildman–Crippen MR) is 73.6 cm³/mol. The molecule has 1 saturated carbocycles. The van der Waals surface area contributed by atoms with Gasteiger partial charge in [-0.15, -0.1) is 10.2 Å². The fourth-order valence-electron chi connectivity index (χ4n) is 2.39. The molecule has 0 amide bonds. The molecule has 1 aliphatic rings. The average molecular weight is 260 g/mol. The number of rotatable bonds is 3. The Kier molecular flexibility index (Phi) is 3.23. The van der Waals surface area contributed by atoms with Crippen molar-refractivity contribution in [2.75, 3.05) is 5.32 Å². The summed E-state index contributed by atoms with van der Waals surface area (Å²) in [6.45, 7) is 2.31. The van der Waals surface area contributed by atoms with Gasteiger partial charge in [0, 0.05) is 12.2 Å². The topological polar surface area (TPSA) is 50.7 Å². The minimum absolute atomic E-state index is 0.560. The highest BCUT2D eigenvalue weighted by Crippen LogP contribution is 2.30. The van der Waals surface area contributed by atoms with Gasteiger partial charge in [0.1, 0.15) is 5.69 Å². The van der Waals surface area contributed by atoms with Crippen molar-refractivity contribution in [2.45, 2.75) is 32.2 Å². The van der Waals surface area contributed by atoms with Crippen molar-refractivity contribution in [2.24, 2.45) is 5.92 Å². The fourth-order valence-corrected chi connectivity index (χ4v) is 3.18. The summed E-state index contributed by atoms with van der Waals surface area (Å²) in [6.07, 6.45) is 5.56. The Bertz CT molecular complexity index is 511. The smallest absolute Gasteiger partial charge is 0.206 e. The third-order valence-corrected chi connectivity index (χ3v) is 4.21. The molecule has 5 heteroatoms. The minimum atomic E-state index is 0.560. The molecule has 94 valence electrons. The van der Waals surface area contributed by atoms with E-state index in [1.165, 1.54) is 19.3 Å². The van der Waals surface area contributed by atoms with Crippen LogP contribution < -0.4 is 5.32 Å². The number of nitrogens with zero attached hydrogens (tertiary/aromatic N) is 3. The van der Waals surface area contributed by atoms with E-state index < -0.39 is 0 Å². The number of aromatic nitrogens is 3. The molecular weight excluding hydrogens is 244 g/mol. The highest BCUT2D eigenvalue weighted by molar-refractivity contribution is 7.18. The van der Waals surface area contributed by atoms with Crippen LogP contribution in [-0.2, 0) is 0 Å². The standard InChI is InChI=1S/C13H16N4S/c1-9-5-6-10(8-9)15-13-17-16-12(18-13)11-4-2-3-7-14-11/h2-4,7,9-10H,5-6,8H2,1H3,(H,15,17). The summed E-state index contributed by atoms with van der Waals surface area (Å²) in [5, 5.41) is 13.7. The summed E-state index contributed by atoms with van der Waals surface area (Å²) in [6, 6.07) is 6.39. The zero-order chi connectivity index (χ0) is 12.4. The van der Waals surface area contributed by atoms with Crippen molar-refractivity contribution < 1.29 is 0 Å². The highest BCUT2D eigenvalue weighted by Gasteiger charge is 2.22. The molecular formula is C13H16N4S. The van der Waals surface area contributed by atoms with Crippen LogP contribution in [0.1, 0.15) is 26.2 Å². The molecule has 0 aromatic carbocycles. The van der Waals surface area contributed by atoms with E-state index in [1.54, 1.807) is 17.5 Å². The molecule has 1 fully saturated rings. The lowest BCUT2D eigenvalue weighted by Crippen LogP contribution is -2.14. The second-order valence-corrected chi connectivity index (χ2v) is 5.86. The van der Waals surface area contributed by atoms with Gasteiger partial charge in [-0.05, 0) is 37.3 Å². The van der Waals surface area contributed by atoms with Crippen LogP contribution in [0.3, 0.4) is 0 Å². The Morgan fingerprint density at radius 1 is 1.28 bits per heavy atom. The molecule has 0 spiro atoms. The molecule has 0 radical (unpaired) electrons. The van der Waals surface area contributed by atoms with Gasteiger partial charge in [0.05, 0.1) is 0 Å². The third kappa shape index (κ3) is 2.51. The number of hydrogen-bond donors (Lipinski definition) is 1. The molecule has 2 aromatic rings. The van der Waals surface area contributed by atoms with Crippen LogP contribution in [0.5, 0.6) is 0 Å². The van der Waals surface area contributed by atoms with E-state index in [4.69, 9.17) is 0 Å². The highest BCUT2D eigenvalue weighted by atomic mass is 32.1.